The molecule has 0 aliphatic rings. The Bertz CT molecular complexity index is 224. The van der Waals surface area contributed by atoms with Crippen LogP contribution in [0.15, 0.2) is 0 Å². The fourth-order valence-corrected chi connectivity index (χ4v) is 1.37. The molecule has 1 atom stereocenters. The zero-order valence-corrected chi connectivity index (χ0v) is 10.6. The van der Waals surface area contributed by atoms with Gasteiger partial charge < -0.3 is 15.7 Å². The Morgan fingerprint density at radius 2 is 1.94 bits per heavy atom. The Kier molecular flexibility index (Phi) is 8.80. The molecule has 3 N–H and O–H groups in total. The summed E-state index contributed by atoms with van der Waals surface area (Å²) < 4.78 is 0. The van der Waals surface area contributed by atoms with E-state index in [9.17, 15) is 9.59 Å². The van der Waals surface area contributed by atoms with Crippen molar-refractivity contribution < 1.29 is 14.7 Å². The van der Waals surface area contributed by atoms with Gasteiger partial charge >= 0.3 is 12.0 Å². The van der Waals surface area contributed by atoms with Gasteiger partial charge in [-0.05, 0) is 19.1 Å². The summed E-state index contributed by atoms with van der Waals surface area (Å²) in [4.78, 5) is 21.6. The van der Waals surface area contributed by atoms with E-state index < -0.39 is 5.97 Å². The lowest BCUT2D eigenvalue weighted by Gasteiger charge is -2.08. The number of thioether (sulfide) groups is 1. The molecule has 0 bridgehead atoms. The SMILES string of the molecule is CSCCNC(=O)NCCCC(C)C(=O)O. The summed E-state index contributed by atoms with van der Waals surface area (Å²) in [5, 5.41) is 14.0. The van der Waals surface area contributed by atoms with Crippen LogP contribution in [0, 0.1) is 5.92 Å². The van der Waals surface area contributed by atoms with E-state index in [4.69, 9.17) is 5.11 Å². The van der Waals surface area contributed by atoms with Crippen molar-refractivity contribution in [3.63, 3.8) is 0 Å². The summed E-state index contributed by atoms with van der Waals surface area (Å²) in [7, 11) is 0. The standard InChI is InChI=1S/C10H20N2O3S/c1-8(9(13)14)4-3-5-11-10(15)12-6-7-16-2/h8H,3-7H2,1-2H3,(H,13,14)(H2,11,12,15). The molecule has 2 amide bonds. The molecular formula is C10H20N2O3S. The van der Waals surface area contributed by atoms with Crippen LogP contribution in [0.5, 0.6) is 0 Å². The molecule has 0 fully saturated rings. The van der Waals surface area contributed by atoms with Crippen LogP contribution in [0.1, 0.15) is 19.8 Å². The number of rotatable bonds is 8. The van der Waals surface area contributed by atoms with Crippen LogP contribution in [0.3, 0.4) is 0 Å². The maximum absolute atomic E-state index is 11.1. The van der Waals surface area contributed by atoms with E-state index >= 15 is 0 Å². The molecule has 0 saturated carbocycles. The van der Waals surface area contributed by atoms with Crippen LogP contribution in [0.2, 0.25) is 0 Å². The molecule has 5 nitrogen and oxygen atoms in total. The molecule has 0 heterocycles. The van der Waals surface area contributed by atoms with Crippen LogP contribution in [-0.2, 0) is 4.79 Å². The Morgan fingerprint density at radius 1 is 1.31 bits per heavy atom. The highest BCUT2D eigenvalue weighted by Crippen LogP contribution is 2.03. The zero-order chi connectivity index (χ0) is 12.4. The first-order valence-electron chi connectivity index (χ1n) is 5.31. The minimum Gasteiger partial charge on any atom is -0.481 e. The molecule has 94 valence electrons. The Labute approximate surface area is 100 Å². The van der Waals surface area contributed by atoms with Crippen molar-refractivity contribution >= 4 is 23.8 Å². The number of aliphatic carboxylic acids is 1. The quantitative estimate of drug-likeness (QED) is 0.563. The molecule has 0 radical (unpaired) electrons. The smallest absolute Gasteiger partial charge is 0.314 e. The van der Waals surface area contributed by atoms with Gasteiger partial charge in [0.05, 0.1) is 5.92 Å². The second-order valence-corrected chi connectivity index (χ2v) is 4.54. The van der Waals surface area contributed by atoms with Gasteiger partial charge in [0, 0.05) is 18.8 Å². The molecule has 0 aromatic heterocycles. The predicted octanol–water partition coefficient (Wildman–Crippen LogP) is 1.15. The third-order valence-electron chi connectivity index (χ3n) is 2.11. The predicted molar refractivity (Wildman–Crippen MR) is 65.8 cm³/mol. The molecule has 16 heavy (non-hydrogen) atoms. The summed E-state index contributed by atoms with van der Waals surface area (Å²) in [6.45, 7) is 2.84. The first-order valence-corrected chi connectivity index (χ1v) is 6.70. The summed E-state index contributed by atoms with van der Waals surface area (Å²) in [5.74, 6) is -0.241. The van der Waals surface area contributed by atoms with Crippen LogP contribution < -0.4 is 10.6 Å². The molecule has 0 rings (SSSR count). The Morgan fingerprint density at radius 3 is 2.50 bits per heavy atom. The third kappa shape index (κ3) is 8.40. The monoisotopic (exact) mass is 248 g/mol. The average Bonchev–Trinajstić information content (AvgIpc) is 2.24. The van der Waals surface area contributed by atoms with Crippen molar-refractivity contribution in [2.75, 3.05) is 25.1 Å². The first kappa shape index (κ1) is 15.1. The molecule has 0 aromatic carbocycles. The van der Waals surface area contributed by atoms with Gasteiger partial charge in [-0.3, -0.25) is 4.79 Å². The van der Waals surface area contributed by atoms with Gasteiger partial charge in [-0.1, -0.05) is 6.92 Å². The van der Waals surface area contributed by atoms with Crippen LogP contribution in [0.4, 0.5) is 4.79 Å². The minimum atomic E-state index is -0.788. The van der Waals surface area contributed by atoms with E-state index in [1.54, 1.807) is 18.7 Å². The lowest BCUT2D eigenvalue weighted by Crippen LogP contribution is -2.37. The van der Waals surface area contributed by atoms with Gasteiger partial charge in [0.1, 0.15) is 0 Å². The number of carboxylic acids is 1. The number of hydrogen-bond acceptors (Lipinski definition) is 3. The number of hydrogen-bond donors (Lipinski definition) is 3. The highest BCUT2D eigenvalue weighted by atomic mass is 32.2. The molecule has 0 saturated heterocycles. The van der Waals surface area contributed by atoms with E-state index in [0.717, 1.165) is 5.75 Å². The molecule has 1 unspecified atom stereocenters. The molecule has 0 aliphatic carbocycles. The number of urea groups is 1. The summed E-state index contributed by atoms with van der Waals surface area (Å²) in [6, 6.07) is -0.183. The van der Waals surface area contributed by atoms with Crippen molar-refractivity contribution in [1.29, 1.82) is 0 Å². The van der Waals surface area contributed by atoms with E-state index in [1.807, 2.05) is 6.26 Å². The molecular weight excluding hydrogens is 228 g/mol. The fourth-order valence-electron chi connectivity index (χ4n) is 1.06. The van der Waals surface area contributed by atoms with Crippen molar-refractivity contribution in [3.05, 3.63) is 0 Å². The summed E-state index contributed by atoms with van der Waals surface area (Å²) in [5.41, 5.74) is 0. The van der Waals surface area contributed by atoms with E-state index in [0.29, 0.717) is 25.9 Å². The van der Waals surface area contributed by atoms with Crippen LogP contribution in [-0.4, -0.2) is 42.2 Å². The van der Waals surface area contributed by atoms with Crippen molar-refractivity contribution in [1.82, 2.24) is 10.6 Å². The number of amides is 2. The second kappa shape index (κ2) is 9.33. The van der Waals surface area contributed by atoms with Gasteiger partial charge in [-0.2, -0.15) is 11.8 Å². The maximum Gasteiger partial charge on any atom is 0.314 e. The van der Waals surface area contributed by atoms with Crippen molar-refractivity contribution in [3.8, 4) is 0 Å². The lowest BCUT2D eigenvalue weighted by molar-refractivity contribution is -0.141. The molecule has 0 aliphatic heterocycles. The lowest BCUT2D eigenvalue weighted by atomic mass is 10.1. The number of carbonyl (C=O) groups is 2. The number of carbonyl (C=O) groups excluding carboxylic acids is 1. The first-order chi connectivity index (χ1) is 7.57. The van der Waals surface area contributed by atoms with Crippen molar-refractivity contribution in [2.45, 2.75) is 19.8 Å². The zero-order valence-electron chi connectivity index (χ0n) is 9.78. The number of nitrogens with one attached hydrogen (secondary N) is 2. The summed E-state index contributed by atoms with van der Waals surface area (Å²) in [6.07, 6.45) is 3.25. The fraction of sp³-hybridized carbons (Fsp3) is 0.800. The molecule has 6 heteroatoms. The number of carboxylic acid groups (broad SMARTS) is 1. The van der Waals surface area contributed by atoms with Crippen molar-refractivity contribution in [2.24, 2.45) is 5.92 Å². The summed E-state index contributed by atoms with van der Waals surface area (Å²) >= 11 is 1.67. The van der Waals surface area contributed by atoms with E-state index in [1.165, 1.54) is 0 Å². The van der Waals surface area contributed by atoms with Gasteiger partial charge in [-0.25, -0.2) is 4.79 Å². The van der Waals surface area contributed by atoms with Gasteiger partial charge in [-0.15, -0.1) is 0 Å². The Hall–Kier alpha value is -0.910. The van der Waals surface area contributed by atoms with Gasteiger partial charge in [0.15, 0.2) is 0 Å². The normalized spacial score (nSPS) is 11.9. The topological polar surface area (TPSA) is 78.4 Å². The minimum absolute atomic E-state index is 0.183. The van der Waals surface area contributed by atoms with Gasteiger partial charge in [0.2, 0.25) is 0 Å². The molecule has 0 spiro atoms. The molecule has 0 aromatic rings. The Balaban J connectivity index is 3.37. The highest BCUT2D eigenvalue weighted by Gasteiger charge is 2.09. The highest BCUT2D eigenvalue weighted by molar-refractivity contribution is 7.98. The van der Waals surface area contributed by atoms with Gasteiger partial charge in [0.25, 0.3) is 0 Å². The largest absolute Gasteiger partial charge is 0.481 e. The van der Waals surface area contributed by atoms with Crippen LogP contribution in [0.25, 0.3) is 0 Å². The maximum atomic E-state index is 11.1. The third-order valence-corrected chi connectivity index (χ3v) is 2.73. The average molecular weight is 248 g/mol. The van der Waals surface area contributed by atoms with E-state index in [-0.39, 0.29) is 11.9 Å². The van der Waals surface area contributed by atoms with E-state index in [2.05, 4.69) is 10.6 Å². The van der Waals surface area contributed by atoms with Crippen LogP contribution >= 0.6 is 11.8 Å². The second-order valence-electron chi connectivity index (χ2n) is 3.56.